The van der Waals surface area contributed by atoms with Crippen molar-refractivity contribution in [2.45, 2.75) is 26.3 Å². The number of nitrogens with two attached hydrogens (primary N) is 1. The van der Waals surface area contributed by atoms with Crippen molar-refractivity contribution in [3.05, 3.63) is 0 Å². The molecule has 0 unspecified atom stereocenters. The Morgan fingerprint density at radius 3 is 2.53 bits per heavy atom. The van der Waals surface area contributed by atoms with Crippen LogP contribution >= 0.6 is 12.4 Å². The molecule has 19 heavy (non-hydrogen) atoms. The molecule has 2 N–H and O–H groups in total. The fourth-order valence-corrected chi connectivity index (χ4v) is 2.13. The highest BCUT2D eigenvalue weighted by Gasteiger charge is 2.25. The summed E-state index contributed by atoms with van der Waals surface area (Å²) in [6, 6.07) is -0.365. The maximum Gasteiger partial charge on any atom is 0.239 e. The van der Waals surface area contributed by atoms with Crippen LogP contribution in [0, 0.1) is 5.92 Å². The number of carbonyl (C=O) groups excluding carboxylic acids is 1. The zero-order chi connectivity index (χ0) is 13.5. The fourth-order valence-electron chi connectivity index (χ4n) is 2.13. The molecule has 0 aromatic rings. The van der Waals surface area contributed by atoms with E-state index in [0.717, 1.165) is 45.8 Å². The van der Waals surface area contributed by atoms with E-state index in [1.165, 1.54) is 0 Å². The SMILES string of the molecule is COCCN1CCCN(C(=O)[C@@H](N)C(C)C)CC1.Cl. The van der Waals surface area contributed by atoms with Gasteiger partial charge in [0.05, 0.1) is 12.6 Å². The second kappa shape index (κ2) is 9.53. The van der Waals surface area contributed by atoms with E-state index in [1.807, 2.05) is 18.7 Å². The highest BCUT2D eigenvalue weighted by molar-refractivity contribution is 5.85. The average molecular weight is 294 g/mol. The molecule has 1 atom stereocenters. The average Bonchev–Trinajstić information content (AvgIpc) is 2.59. The third kappa shape index (κ3) is 6.08. The molecule has 6 heteroatoms. The van der Waals surface area contributed by atoms with Crippen LogP contribution in [0.25, 0.3) is 0 Å². The van der Waals surface area contributed by atoms with Crippen LogP contribution in [0.4, 0.5) is 0 Å². The highest BCUT2D eigenvalue weighted by Crippen LogP contribution is 2.08. The molecular formula is C13H28ClN3O2. The van der Waals surface area contributed by atoms with E-state index in [9.17, 15) is 4.79 Å². The Kier molecular flexibility index (Phi) is 9.35. The van der Waals surface area contributed by atoms with Crippen LogP contribution in [-0.4, -0.2) is 68.2 Å². The van der Waals surface area contributed by atoms with Crippen LogP contribution in [0.3, 0.4) is 0 Å². The molecule has 0 saturated carbocycles. The van der Waals surface area contributed by atoms with Crippen LogP contribution in [0.1, 0.15) is 20.3 Å². The lowest BCUT2D eigenvalue weighted by Gasteiger charge is -2.26. The van der Waals surface area contributed by atoms with Gasteiger partial charge in [-0.1, -0.05) is 13.8 Å². The summed E-state index contributed by atoms with van der Waals surface area (Å²) < 4.78 is 5.09. The van der Waals surface area contributed by atoms with E-state index in [-0.39, 0.29) is 30.3 Å². The van der Waals surface area contributed by atoms with Crippen LogP contribution in [0.2, 0.25) is 0 Å². The molecule has 1 rings (SSSR count). The summed E-state index contributed by atoms with van der Waals surface area (Å²) in [5, 5.41) is 0. The van der Waals surface area contributed by atoms with Gasteiger partial charge in [0, 0.05) is 33.3 Å². The monoisotopic (exact) mass is 293 g/mol. The lowest BCUT2D eigenvalue weighted by molar-refractivity contribution is -0.133. The first-order chi connectivity index (χ1) is 8.56. The Bertz CT molecular complexity index is 264. The van der Waals surface area contributed by atoms with Crippen molar-refractivity contribution in [1.82, 2.24) is 9.80 Å². The Balaban J connectivity index is 0.00000324. The van der Waals surface area contributed by atoms with Gasteiger partial charge in [0.2, 0.25) is 5.91 Å². The van der Waals surface area contributed by atoms with Crippen molar-refractivity contribution in [1.29, 1.82) is 0 Å². The third-order valence-electron chi connectivity index (χ3n) is 3.52. The zero-order valence-electron chi connectivity index (χ0n) is 12.3. The van der Waals surface area contributed by atoms with Gasteiger partial charge in [-0.2, -0.15) is 0 Å². The summed E-state index contributed by atoms with van der Waals surface area (Å²) in [5.41, 5.74) is 5.93. The van der Waals surface area contributed by atoms with Crippen molar-refractivity contribution >= 4 is 18.3 Å². The molecular weight excluding hydrogens is 266 g/mol. The van der Waals surface area contributed by atoms with Crippen LogP contribution in [-0.2, 0) is 9.53 Å². The Morgan fingerprint density at radius 2 is 1.95 bits per heavy atom. The number of rotatable bonds is 5. The molecule has 1 fully saturated rings. The number of hydrogen-bond acceptors (Lipinski definition) is 4. The van der Waals surface area contributed by atoms with E-state index < -0.39 is 0 Å². The van der Waals surface area contributed by atoms with Crippen LogP contribution < -0.4 is 5.73 Å². The first kappa shape index (κ1) is 18.6. The second-order valence-electron chi connectivity index (χ2n) is 5.28. The molecule has 0 aromatic heterocycles. The number of amides is 1. The van der Waals surface area contributed by atoms with Gasteiger partial charge < -0.3 is 15.4 Å². The molecule has 1 heterocycles. The summed E-state index contributed by atoms with van der Waals surface area (Å²) in [7, 11) is 1.72. The molecule has 0 radical (unpaired) electrons. The number of nitrogens with zero attached hydrogens (tertiary/aromatic N) is 2. The molecule has 5 nitrogen and oxygen atoms in total. The minimum absolute atomic E-state index is 0. The summed E-state index contributed by atoms with van der Waals surface area (Å²) in [4.78, 5) is 16.4. The topological polar surface area (TPSA) is 58.8 Å². The standard InChI is InChI=1S/C13H27N3O2.ClH/c1-11(2)12(14)13(17)16-6-4-5-15(7-8-16)9-10-18-3;/h11-12H,4-10,14H2,1-3H3;1H/t12-;/m0./s1. The van der Waals surface area contributed by atoms with Gasteiger partial charge in [-0.15, -0.1) is 12.4 Å². The summed E-state index contributed by atoms with van der Waals surface area (Å²) in [6.45, 7) is 9.22. The van der Waals surface area contributed by atoms with E-state index >= 15 is 0 Å². The van der Waals surface area contributed by atoms with Gasteiger partial charge in [0.1, 0.15) is 0 Å². The minimum Gasteiger partial charge on any atom is -0.383 e. The first-order valence-electron chi connectivity index (χ1n) is 6.82. The van der Waals surface area contributed by atoms with Crippen molar-refractivity contribution in [2.75, 3.05) is 46.4 Å². The summed E-state index contributed by atoms with van der Waals surface area (Å²) >= 11 is 0. The maximum absolute atomic E-state index is 12.2. The van der Waals surface area contributed by atoms with Crippen LogP contribution in [0.5, 0.6) is 0 Å². The quantitative estimate of drug-likeness (QED) is 0.805. The Morgan fingerprint density at radius 1 is 1.26 bits per heavy atom. The normalized spacial score (nSPS) is 18.9. The Labute approximate surface area is 122 Å². The molecule has 1 aliphatic heterocycles. The van der Waals surface area contributed by atoms with Gasteiger partial charge >= 0.3 is 0 Å². The van der Waals surface area contributed by atoms with E-state index in [0.29, 0.717) is 0 Å². The molecule has 0 spiro atoms. The van der Waals surface area contributed by atoms with Crippen molar-refractivity contribution in [3.63, 3.8) is 0 Å². The molecule has 1 aliphatic rings. The van der Waals surface area contributed by atoms with E-state index in [4.69, 9.17) is 10.5 Å². The predicted molar refractivity (Wildman–Crippen MR) is 79.6 cm³/mol. The molecule has 1 saturated heterocycles. The van der Waals surface area contributed by atoms with Crippen molar-refractivity contribution in [3.8, 4) is 0 Å². The van der Waals surface area contributed by atoms with Gasteiger partial charge in [0.15, 0.2) is 0 Å². The number of halogens is 1. The van der Waals surface area contributed by atoms with E-state index in [1.54, 1.807) is 7.11 Å². The van der Waals surface area contributed by atoms with Gasteiger partial charge in [-0.05, 0) is 18.9 Å². The molecule has 0 aliphatic carbocycles. The Hall–Kier alpha value is -0.360. The number of hydrogen-bond donors (Lipinski definition) is 1. The van der Waals surface area contributed by atoms with Crippen LogP contribution in [0.15, 0.2) is 0 Å². The highest BCUT2D eigenvalue weighted by atomic mass is 35.5. The first-order valence-corrected chi connectivity index (χ1v) is 6.82. The van der Waals surface area contributed by atoms with Crippen molar-refractivity contribution in [2.24, 2.45) is 11.7 Å². The third-order valence-corrected chi connectivity index (χ3v) is 3.52. The number of methoxy groups -OCH3 is 1. The van der Waals surface area contributed by atoms with E-state index in [2.05, 4.69) is 4.90 Å². The fraction of sp³-hybridized carbons (Fsp3) is 0.923. The second-order valence-corrected chi connectivity index (χ2v) is 5.28. The van der Waals surface area contributed by atoms with Gasteiger partial charge in [-0.3, -0.25) is 9.69 Å². The van der Waals surface area contributed by atoms with Crippen molar-refractivity contribution < 1.29 is 9.53 Å². The lowest BCUT2D eigenvalue weighted by atomic mass is 10.0. The smallest absolute Gasteiger partial charge is 0.239 e. The minimum atomic E-state index is -0.365. The number of ether oxygens (including phenoxy) is 1. The predicted octanol–water partition coefficient (Wildman–Crippen LogP) is 0.572. The molecule has 114 valence electrons. The zero-order valence-corrected chi connectivity index (χ0v) is 13.1. The number of carbonyl (C=O) groups is 1. The van der Waals surface area contributed by atoms with Gasteiger partial charge in [0.25, 0.3) is 0 Å². The summed E-state index contributed by atoms with van der Waals surface area (Å²) in [5.74, 6) is 0.295. The molecule has 1 amide bonds. The maximum atomic E-state index is 12.2. The molecule has 0 bridgehead atoms. The molecule has 0 aromatic carbocycles. The largest absolute Gasteiger partial charge is 0.383 e. The lowest BCUT2D eigenvalue weighted by Crippen LogP contribution is -2.47. The van der Waals surface area contributed by atoms with Gasteiger partial charge in [-0.25, -0.2) is 0 Å². The summed E-state index contributed by atoms with van der Waals surface area (Å²) in [6.07, 6.45) is 1.01.